The fraction of sp³-hybridized carbons (Fsp3) is 0.396. The first-order valence-electron chi connectivity index (χ1n) is 26.9. The first kappa shape index (κ1) is 57.8. The summed E-state index contributed by atoms with van der Waals surface area (Å²) in [7, 11) is 1.37. The van der Waals surface area contributed by atoms with Crippen LogP contribution in [-0.2, 0) is 81.2 Å². The molecule has 9 heterocycles. The van der Waals surface area contributed by atoms with Crippen LogP contribution in [0.2, 0.25) is 0 Å². The van der Waals surface area contributed by atoms with Crippen molar-refractivity contribution in [3.63, 3.8) is 0 Å². The Morgan fingerprint density at radius 3 is 2.14 bits per heavy atom. The van der Waals surface area contributed by atoms with Crippen LogP contribution in [0.15, 0.2) is 104 Å². The molecule has 2 radical (unpaired) electrons. The second kappa shape index (κ2) is 24.8. The number of hydrogen-bond donors (Lipinski definition) is 2. The van der Waals surface area contributed by atoms with Crippen molar-refractivity contribution in [1.29, 1.82) is 0 Å². The molecule has 0 aliphatic carbocycles. The van der Waals surface area contributed by atoms with E-state index < -0.39 is 76.7 Å². The highest BCUT2D eigenvalue weighted by Gasteiger charge is 2.55. The average Bonchev–Trinajstić information content (AvgIpc) is 2.03. The number of ether oxygens (including phenoxy) is 5. The lowest BCUT2D eigenvalue weighted by molar-refractivity contribution is -0.118. The second-order valence-electron chi connectivity index (χ2n) is 19.9. The van der Waals surface area contributed by atoms with Crippen LogP contribution < -0.4 is 16.4 Å². The summed E-state index contributed by atoms with van der Waals surface area (Å²) in [6.07, 6.45) is -8.02. The van der Waals surface area contributed by atoms with Crippen LogP contribution in [0.1, 0.15) is 42.5 Å². The summed E-state index contributed by atoms with van der Waals surface area (Å²) in [5.41, 5.74) is 19.8. The molecule has 4 aliphatic rings. The highest BCUT2D eigenvalue weighted by Crippen LogP contribution is 2.65. The van der Waals surface area contributed by atoms with Gasteiger partial charge in [0.05, 0.1) is 95.7 Å². The lowest BCUT2D eigenvalue weighted by Crippen LogP contribution is -2.37. The molecule has 0 spiro atoms. The lowest BCUT2D eigenvalue weighted by atomic mass is 9.95. The number of alkyl halides is 2. The van der Waals surface area contributed by atoms with E-state index in [1.165, 1.54) is 40.4 Å². The van der Waals surface area contributed by atoms with Crippen LogP contribution in [0.3, 0.4) is 0 Å². The normalized spacial score (nSPS) is 26.1. The Labute approximate surface area is 484 Å². The molecular formula is C53H56BF2N13O12P2S. The monoisotopic (exact) mass is 1210 g/mol. The summed E-state index contributed by atoms with van der Waals surface area (Å²) in [5.74, 6) is 0.0842. The fourth-order valence-corrected chi connectivity index (χ4v) is 14.8. The number of amides is 1. The molecule has 3 aromatic carbocycles. The van der Waals surface area contributed by atoms with Gasteiger partial charge >= 0.3 is 6.80 Å². The second-order valence-corrected chi connectivity index (χ2v) is 25.5. The molecular weight excluding hydrogens is 1150 g/mol. The molecule has 12 rings (SSSR count). The number of fused-ring (bicyclic) bond motifs is 9. The summed E-state index contributed by atoms with van der Waals surface area (Å²) >= 11 is 0.745. The summed E-state index contributed by atoms with van der Waals surface area (Å²) in [6.45, 7) is -1.24. The molecule has 5 aromatic heterocycles. The molecule has 0 saturated carbocycles. The van der Waals surface area contributed by atoms with Gasteiger partial charge in [0, 0.05) is 29.5 Å². The van der Waals surface area contributed by atoms with E-state index in [1.54, 1.807) is 12.1 Å². The molecule has 8 aromatic rings. The Bertz CT molecular complexity index is 3780. The molecule has 0 bridgehead atoms. The minimum absolute atomic E-state index is 0.0230. The summed E-state index contributed by atoms with van der Waals surface area (Å²) in [6, 6.07) is 24.6. The van der Waals surface area contributed by atoms with Crippen molar-refractivity contribution in [2.75, 3.05) is 62.6 Å². The van der Waals surface area contributed by atoms with Gasteiger partial charge in [-0.25, -0.2) is 42.9 Å². The van der Waals surface area contributed by atoms with Gasteiger partial charge in [-0.1, -0.05) is 78.9 Å². The molecule has 438 valence electrons. The Balaban J connectivity index is 0.656. The lowest BCUT2D eigenvalue weighted by Gasteiger charge is -2.30. The van der Waals surface area contributed by atoms with Crippen molar-refractivity contribution in [3.8, 4) is 22.5 Å². The molecule has 84 heavy (non-hydrogen) atoms. The smallest absolute Gasteiger partial charge is 0.389 e. The quantitative estimate of drug-likeness (QED) is 0.0507. The zero-order chi connectivity index (χ0) is 58.1. The number of imidazole rings is 2. The van der Waals surface area contributed by atoms with Crippen LogP contribution in [0.4, 0.5) is 26.0 Å². The van der Waals surface area contributed by atoms with Gasteiger partial charge in [0.1, 0.15) is 47.5 Å². The number of carbonyl (C=O) groups excluding carboxylic acids is 1. The number of nitrogen functional groups attached to an aromatic ring is 2. The van der Waals surface area contributed by atoms with Gasteiger partial charge in [-0.2, -0.15) is 0 Å². The molecule has 1 amide bonds. The summed E-state index contributed by atoms with van der Waals surface area (Å²) in [4.78, 5) is 35.9. The van der Waals surface area contributed by atoms with Crippen molar-refractivity contribution in [3.05, 3.63) is 121 Å². The number of aromatic nitrogens is 10. The van der Waals surface area contributed by atoms with E-state index in [4.69, 9.17) is 60.8 Å². The number of nitrogens with zero attached hydrogens (tertiary/aromatic N) is 11. The van der Waals surface area contributed by atoms with E-state index >= 15 is 13.3 Å². The maximum Gasteiger partial charge on any atom is 0.389 e. The van der Waals surface area contributed by atoms with E-state index in [0.29, 0.717) is 63.8 Å². The Kier molecular flexibility index (Phi) is 17.1. The Morgan fingerprint density at radius 2 is 1.39 bits per heavy atom. The number of pyridine rings is 1. The highest BCUT2D eigenvalue weighted by molar-refractivity contribution is 8.54. The molecule has 10 atom stereocenters. The maximum absolute atomic E-state index is 17.0. The zero-order valence-corrected chi connectivity index (χ0v) is 47.6. The van der Waals surface area contributed by atoms with Crippen molar-refractivity contribution in [2.24, 2.45) is 0 Å². The molecule has 25 nitrogen and oxygen atoms in total. The molecule has 4 N–H and O–H groups in total. The van der Waals surface area contributed by atoms with Crippen LogP contribution in [0.25, 0.3) is 44.8 Å². The van der Waals surface area contributed by atoms with E-state index in [9.17, 15) is 9.36 Å². The van der Waals surface area contributed by atoms with Gasteiger partial charge in [-0.15, -0.1) is 5.10 Å². The molecule has 3 fully saturated rings. The number of hydrogen-bond acceptors (Lipinski definition) is 22. The van der Waals surface area contributed by atoms with Gasteiger partial charge in [0.15, 0.2) is 41.9 Å². The SMILES string of the molecule is [B][P@@]1(=O)OC[C@H]2O[C@@H](n3cnc4c(N)ccnc43)[C@H](F)[C@@H]2O[P@](=O)(SCc2ccc(COCCOCCOCCn3nnc4c3-c3ccccc3CN(C(=O)CC)c3ccccc3-4)cc2)OC[C@H]2O[C@@H](n3cnc4c(N)ncnc43)[C@H](F)[C@@H]2O1. The third-order valence-corrected chi connectivity index (χ3v) is 19.3. The predicted molar refractivity (Wildman–Crippen MR) is 303 cm³/mol. The third kappa shape index (κ3) is 11.9. The van der Waals surface area contributed by atoms with Gasteiger partial charge in [0.25, 0.3) is 7.47 Å². The molecule has 4 aliphatic heterocycles. The first-order chi connectivity index (χ1) is 40.8. The zero-order valence-electron chi connectivity index (χ0n) is 45.0. The highest BCUT2D eigenvalue weighted by atomic mass is 32.7. The number of carbonyl (C=O) groups is 1. The van der Waals surface area contributed by atoms with Gasteiger partial charge in [0.2, 0.25) is 13.5 Å². The van der Waals surface area contributed by atoms with Gasteiger partial charge in [-0.3, -0.25) is 27.5 Å². The first-order valence-corrected chi connectivity index (χ1v) is 31.6. The molecule has 0 unspecified atom stereocenters. The number of para-hydroxylation sites is 1. The summed E-state index contributed by atoms with van der Waals surface area (Å²) < 4.78 is 120. The van der Waals surface area contributed by atoms with E-state index in [0.717, 1.165) is 45.0 Å². The van der Waals surface area contributed by atoms with Crippen molar-refractivity contribution < 1.29 is 64.5 Å². The topological polar surface area (TPSA) is 295 Å². The molecule has 3 saturated heterocycles. The van der Waals surface area contributed by atoms with Crippen LogP contribution in [-0.4, -0.2) is 146 Å². The summed E-state index contributed by atoms with van der Waals surface area (Å²) in [5, 5.41) is 9.13. The average molecular weight is 1210 g/mol. The van der Waals surface area contributed by atoms with Crippen molar-refractivity contribution in [1.82, 2.24) is 49.0 Å². The number of rotatable bonds is 17. The van der Waals surface area contributed by atoms with E-state index in [-0.39, 0.29) is 52.1 Å². The van der Waals surface area contributed by atoms with Crippen molar-refractivity contribution in [2.45, 2.75) is 88.0 Å². The Hall–Kier alpha value is -6.59. The fourth-order valence-electron chi connectivity index (χ4n) is 10.4. The molecule has 31 heteroatoms. The van der Waals surface area contributed by atoms with Crippen LogP contribution >= 0.6 is 25.7 Å². The number of benzene rings is 3. The number of nitrogens with two attached hydrogens (primary N) is 2. The van der Waals surface area contributed by atoms with E-state index in [2.05, 4.69) is 35.2 Å². The van der Waals surface area contributed by atoms with E-state index in [1.807, 2.05) is 77.2 Å². The van der Waals surface area contributed by atoms with Gasteiger partial charge in [-0.05, 0) is 40.2 Å². The maximum atomic E-state index is 17.0. The largest absolute Gasteiger partial charge is 0.397 e. The number of halogens is 2. The number of anilines is 3. The standard InChI is InChI=1S/C53H56BF2N13O12P2S/c1-2-40(70)66-23-33-7-3-4-8-34(33)46-43(35-9-5-6-10-37(35)66)64-65-69(46)17-18-73-19-20-74-21-22-75-24-31-11-13-32(14-12-31)27-84-83(72)77-26-39-47(41(55)52(79-39)68-30-63-45-49(58)60-28-61-51(45)68)80-82(54,71)76-25-38-48(81-83)42(56)53(78-38)67-29-62-44-36(57)15-16-59-50(44)67/h3-16,28-30,38-39,41-42,47-48,52-53H,2,17-27H2,1H3,(H2,57,59)(H2,58,60,61)/t38-,39-,41-,42-,47-,48-,52-,53-,82-,83-/m1/s1. The Morgan fingerprint density at radius 1 is 0.750 bits per heavy atom. The predicted octanol–water partition coefficient (Wildman–Crippen LogP) is 7.47. The minimum atomic E-state index is -4.69. The van der Waals surface area contributed by atoms with Gasteiger partial charge < -0.3 is 49.1 Å². The van der Waals surface area contributed by atoms with Crippen LogP contribution in [0.5, 0.6) is 0 Å². The van der Waals surface area contributed by atoms with Crippen LogP contribution in [0, 0.1) is 0 Å². The minimum Gasteiger partial charge on any atom is -0.397 e. The third-order valence-electron chi connectivity index (χ3n) is 14.6. The van der Waals surface area contributed by atoms with Crippen molar-refractivity contribution >= 4 is 78.6 Å².